The van der Waals surface area contributed by atoms with Gasteiger partial charge in [-0.25, -0.2) is 4.39 Å². The lowest BCUT2D eigenvalue weighted by atomic mass is 10.2. The molecule has 0 aliphatic rings. The third-order valence-electron chi connectivity index (χ3n) is 3.07. The highest BCUT2D eigenvalue weighted by atomic mass is 32.1. The SMILES string of the molecule is O=c1/c(=C/c2cccc(F)c2)sc2nc(-c3cccs3)nn12. The molecule has 0 fully saturated rings. The summed E-state index contributed by atoms with van der Waals surface area (Å²) in [5, 5.41) is 6.19. The molecule has 0 aliphatic carbocycles. The van der Waals surface area contributed by atoms with Crippen LogP contribution in [0, 0.1) is 5.82 Å². The zero-order valence-electron chi connectivity index (χ0n) is 11.1. The number of aromatic nitrogens is 3. The minimum absolute atomic E-state index is 0.237. The van der Waals surface area contributed by atoms with Gasteiger partial charge >= 0.3 is 0 Å². The maximum atomic E-state index is 13.2. The molecule has 0 unspecified atom stereocenters. The van der Waals surface area contributed by atoms with Crippen molar-refractivity contribution in [3.63, 3.8) is 0 Å². The average molecular weight is 329 g/mol. The van der Waals surface area contributed by atoms with Gasteiger partial charge in [0, 0.05) is 0 Å². The van der Waals surface area contributed by atoms with E-state index in [1.54, 1.807) is 18.2 Å². The molecule has 3 aromatic heterocycles. The summed E-state index contributed by atoms with van der Waals surface area (Å²) >= 11 is 2.77. The topological polar surface area (TPSA) is 47.3 Å². The number of fused-ring (bicyclic) bond motifs is 1. The summed E-state index contributed by atoms with van der Waals surface area (Å²) in [5.41, 5.74) is 0.402. The normalized spacial score (nSPS) is 12.3. The van der Waals surface area contributed by atoms with Gasteiger partial charge in [0.25, 0.3) is 5.56 Å². The molecule has 4 nitrogen and oxygen atoms in total. The van der Waals surface area contributed by atoms with E-state index in [1.165, 1.54) is 39.3 Å². The summed E-state index contributed by atoms with van der Waals surface area (Å²) in [6, 6.07) is 9.93. The summed E-state index contributed by atoms with van der Waals surface area (Å²) in [4.78, 5) is 18.2. The number of hydrogen-bond donors (Lipinski definition) is 0. The van der Waals surface area contributed by atoms with Gasteiger partial charge in [0.15, 0.2) is 5.82 Å². The van der Waals surface area contributed by atoms with Crippen LogP contribution in [-0.2, 0) is 0 Å². The van der Waals surface area contributed by atoms with Crippen LogP contribution in [0.25, 0.3) is 21.7 Å². The molecule has 3 heterocycles. The molecule has 108 valence electrons. The number of halogens is 1. The number of rotatable bonds is 2. The Hall–Kier alpha value is -2.38. The largest absolute Gasteiger partial charge is 0.291 e. The molecule has 4 rings (SSSR count). The van der Waals surface area contributed by atoms with Gasteiger partial charge in [-0.1, -0.05) is 29.5 Å². The molecular weight excluding hydrogens is 321 g/mol. The second kappa shape index (κ2) is 5.11. The maximum absolute atomic E-state index is 13.2. The number of thiazole rings is 1. The fraction of sp³-hybridized carbons (Fsp3) is 0. The molecule has 0 radical (unpaired) electrons. The molecule has 0 amide bonds. The van der Waals surface area contributed by atoms with E-state index in [-0.39, 0.29) is 11.4 Å². The Balaban J connectivity index is 1.86. The van der Waals surface area contributed by atoms with Gasteiger partial charge in [-0.05, 0) is 35.2 Å². The van der Waals surface area contributed by atoms with Crippen LogP contribution in [-0.4, -0.2) is 14.6 Å². The van der Waals surface area contributed by atoms with Crippen molar-refractivity contribution >= 4 is 33.7 Å². The Bertz CT molecular complexity index is 1070. The standard InChI is InChI=1S/C15H8FN3OS2/c16-10-4-1-3-9(7-10)8-12-14(20)19-15(22-12)17-13(18-19)11-5-2-6-21-11/h1-8H/b12-8-. The molecule has 0 saturated heterocycles. The summed E-state index contributed by atoms with van der Waals surface area (Å²) in [5.74, 6) is 0.219. The first-order chi connectivity index (χ1) is 10.7. The Kier molecular flexibility index (Phi) is 3.09. The van der Waals surface area contributed by atoms with Crippen molar-refractivity contribution in [2.45, 2.75) is 0 Å². The lowest BCUT2D eigenvalue weighted by Gasteiger charge is -1.90. The monoisotopic (exact) mass is 329 g/mol. The van der Waals surface area contributed by atoms with Crippen LogP contribution in [0.1, 0.15) is 5.56 Å². The van der Waals surface area contributed by atoms with Crippen LogP contribution >= 0.6 is 22.7 Å². The number of nitrogens with zero attached hydrogens (tertiary/aromatic N) is 3. The van der Waals surface area contributed by atoms with Gasteiger partial charge in [0.2, 0.25) is 4.96 Å². The Morgan fingerprint density at radius 2 is 2.14 bits per heavy atom. The van der Waals surface area contributed by atoms with Gasteiger partial charge in [0.1, 0.15) is 5.82 Å². The molecule has 0 spiro atoms. The van der Waals surface area contributed by atoms with E-state index in [0.717, 1.165) is 4.88 Å². The van der Waals surface area contributed by atoms with Crippen LogP contribution in [0.2, 0.25) is 0 Å². The molecule has 7 heteroatoms. The second-order valence-electron chi connectivity index (χ2n) is 4.58. The maximum Gasteiger partial charge on any atom is 0.291 e. The second-order valence-corrected chi connectivity index (χ2v) is 6.53. The van der Waals surface area contributed by atoms with E-state index < -0.39 is 0 Å². The highest BCUT2D eigenvalue weighted by molar-refractivity contribution is 7.15. The van der Waals surface area contributed by atoms with Gasteiger partial charge in [-0.3, -0.25) is 4.79 Å². The van der Waals surface area contributed by atoms with Gasteiger partial charge < -0.3 is 0 Å². The van der Waals surface area contributed by atoms with Crippen molar-refractivity contribution in [1.29, 1.82) is 0 Å². The fourth-order valence-corrected chi connectivity index (χ4v) is 3.65. The van der Waals surface area contributed by atoms with Gasteiger partial charge in [-0.15, -0.1) is 16.4 Å². The molecule has 22 heavy (non-hydrogen) atoms. The minimum Gasteiger partial charge on any atom is -0.266 e. The van der Waals surface area contributed by atoms with Gasteiger partial charge in [-0.2, -0.15) is 9.50 Å². The van der Waals surface area contributed by atoms with Crippen molar-refractivity contribution in [2.75, 3.05) is 0 Å². The summed E-state index contributed by atoms with van der Waals surface area (Å²) in [6.07, 6.45) is 1.65. The van der Waals surface area contributed by atoms with Crippen molar-refractivity contribution in [2.24, 2.45) is 0 Å². The van der Waals surface area contributed by atoms with Crippen LogP contribution in [0.4, 0.5) is 4.39 Å². The molecule has 1 aromatic carbocycles. The van der Waals surface area contributed by atoms with Crippen molar-refractivity contribution < 1.29 is 4.39 Å². The highest BCUT2D eigenvalue weighted by Gasteiger charge is 2.12. The molecule has 4 aromatic rings. The molecule has 0 atom stereocenters. The minimum atomic E-state index is -0.333. The Morgan fingerprint density at radius 3 is 2.86 bits per heavy atom. The Morgan fingerprint density at radius 1 is 1.23 bits per heavy atom. The average Bonchev–Trinajstić information content (AvgIpc) is 3.18. The zero-order valence-corrected chi connectivity index (χ0v) is 12.7. The Labute approximate surface area is 131 Å². The zero-order chi connectivity index (χ0) is 15.1. The van der Waals surface area contributed by atoms with Gasteiger partial charge in [0.05, 0.1) is 9.41 Å². The van der Waals surface area contributed by atoms with Crippen LogP contribution in [0.15, 0.2) is 46.6 Å². The molecule has 0 bridgehead atoms. The quantitative estimate of drug-likeness (QED) is 0.568. The molecule has 0 N–H and O–H groups in total. The lowest BCUT2D eigenvalue weighted by Crippen LogP contribution is -2.23. The third-order valence-corrected chi connectivity index (χ3v) is 4.89. The smallest absolute Gasteiger partial charge is 0.266 e. The molecule has 0 aliphatic heterocycles. The molecular formula is C15H8FN3OS2. The number of thiophene rings is 1. The van der Waals surface area contributed by atoms with Crippen LogP contribution in [0.5, 0.6) is 0 Å². The highest BCUT2D eigenvalue weighted by Crippen LogP contribution is 2.21. The predicted molar refractivity (Wildman–Crippen MR) is 85.6 cm³/mol. The first-order valence-electron chi connectivity index (χ1n) is 6.41. The van der Waals surface area contributed by atoms with E-state index >= 15 is 0 Å². The predicted octanol–water partition coefficient (Wildman–Crippen LogP) is 2.57. The summed E-state index contributed by atoms with van der Waals surface area (Å²) in [7, 11) is 0. The fourth-order valence-electron chi connectivity index (χ4n) is 2.09. The van der Waals surface area contributed by atoms with Crippen molar-refractivity contribution in [1.82, 2.24) is 14.6 Å². The summed E-state index contributed by atoms with van der Waals surface area (Å²) in [6.45, 7) is 0. The van der Waals surface area contributed by atoms with E-state index in [4.69, 9.17) is 0 Å². The summed E-state index contributed by atoms with van der Waals surface area (Å²) < 4.78 is 15.0. The van der Waals surface area contributed by atoms with Crippen molar-refractivity contribution in [3.05, 3.63) is 68.0 Å². The van der Waals surface area contributed by atoms with E-state index in [0.29, 0.717) is 20.9 Å². The third kappa shape index (κ3) is 2.24. The first-order valence-corrected chi connectivity index (χ1v) is 8.11. The number of hydrogen-bond acceptors (Lipinski definition) is 5. The molecule has 0 saturated carbocycles. The van der Waals surface area contributed by atoms with E-state index in [9.17, 15) is 9.18 Å². The number of benzene rings is 1. The lowest BCUT2D eigenvalue weighted by molar-refractivity contribution is 0.627. The van der Waals surface area contributed by atoms with E-state index in [2.05, 4.69) is 10.1 Å². The van der Waals surface area contributed by atoms with Crippen LogP contribution in [0.3, 0.4) is 0 Å². The van der Waals surface area contributed by atoms with E-state index in [1.807, 2.05) is 17.5 Å². The van der Waals surface area contributed by atoms with Crippen LogP contribution < -0.4 is 10.1 Å². The van der Waals surface area contributed by atoms with Crippen molar-refractivity contribution in [3.8, 4) is 10.7 Å². The first kappa shape index (κ1) is 13.3.